The molecule has 4 aliphatic rings. The number of ether oxygens (including phenoxy) is 1. The highest BCUT2D eigenvalue weighted by Crippen LogP contribution is 2.61. The number of rotatable bonds is 5. The zero-order valence-corrected chi connectivity index (χ0v) is 21.6. The molecule has 4 fully saturated rings. The number of hydrogen-bond acceptors (Lipinski definition) is 5. The standard InChI is InChI=1S/C28H28BrN3O4/c1-36-21-5-3-20(4-6-21)32-26(34)22(25(33)31-27(32)35)15-30-24-11-19(2-7-23(24)29)28-12-16-8-17(13-28)10-18(9-16)14-28/h2-7,11,15-18,34H,8-10,12-14H2,1H3,(H,31,33,35). The third-order valence-corrected chi connectivity index (χ3v) is 9.05. The SMILES string of the molecule is COc1ccc(-n2c(O)c(C=Nc3cc(C45CC6CC(CC(C6)C4)C5)ccc3Br)c(=O)[nH]c2=O)cc1. The van der Waals surface area contributed by atoms with E-state index in [1.54, 1.807) is 31.4 Å². The molecule has 4 bridgehead atoms. The highest BCUT2D eigenvalue weighted by atomic mass is 79.9. The molecule has 4 saturated carbocycles. The molecular weight excluding hydrogens is 522 g/mol. The molecule has 1 heterocycles. The minimum Gasteiger partial charge on any atom is -0.497 e. The molecule has 36 heavy (non-hydrogen) atoms. The van der Waals surface area contributed by atoms with Crippen molar-refractivity contribution in [3.63, 3.8) is 0 Å². The van der Waals surface area contributed by atoms with Gasteiger partial charge in [0.05, 0.1) is 18.5 Å². The first kappa shape index (κ1) is 23.3. The van der Waals surface area contributed by atoms with Crippen molar-refractivity contribution in [3.05, 3.63) is 78.9 Å². The van der Waals surface area contributed by atoms with Gasteiger partial charge in [0, 0.05) is 10.7 Å². The fraction of sp³-hybridized carbons (Fsp3) is 0.393. The van der Waals surface area contributed by atoms with Crippen molar-refractivity contribution in [3.8, 4) is 17.3 Å². The van der Waals surface area contributed by atoms with Gasteiger partial charge in [-0.15, -0.1) is 0 Å². The van der Waals surface area contributed by atoms with E-state index in [0.29, 0.717) is 17.1 Å². The lowest BCUT2D eigenvalue weighted by molar-refractivity contribution is -0.00517. The minimum absolute atomic E-state index is 0.0856. The zero-order chi connectivity index (χ0) is 25.0. The van der Waals surface area contributed by atoms with Crippen molar-refractivity contribution in [2.75, 3.05) is 7.11 Å². The average molecular weight is 550 g/mol. The Hall–Kier alpha value is -3.13. The van der Waals surface area contributed by atoms with Crippen LogP contribution in [0.4, 0.5) is 5.69 Å². The normalized spacial score (nSPS) is 26.6. The summed E-state index contributed by atoms with van der Waals surface area (Å²) < 4.78 is 7.02. The van der Waals surface area contributed by atoms with E-state index in [-0.39, 0.29) is 11.0 Å². The number of aromatic hydroxyl groups is 1. The number of methoxy groups -OCH3 is 1. The lowest BCUT2D eigenvalue weighted by atomic mass is 9.48. The summed E-state index contributed by atoms with van der Waals surface area (Å²) >= 11 is 3.60. The number of nitrogens with one attached hydrogen (secondary N) is 1. The third kappa shape index (κ3) is 3.92. The quantitative estimate of drug-likeness (QED) is 0.426. The first-order chi connectivity index (χ1) is 17.3. The molecule has 0 spiro atoms. The molecule has 7 rings (SSSR count). The zero-order valence-electron chi connectivity index (χ0n) is 20.0. The van der Waals surface area contributed by atoms with Gasteiger partial charge in [0.1, 0.15) is 11.3 Å². The summed E-state index contributed by atoms with van der Waals surface area (Å²) in [5.41, 5.74) is 1.12. The summed E-state index contributed by atoms with van der Waals surface area (Å²) in [4.78, 5) is 32.0. The number of aliphatic imine (C=N–C) groups is 1. The Kier molecular flexibility index (Phi) is 5.67. The fourth-order valence-corrected chi connectivity index (χ4v) is 7.51. The van der Waals surface area contributed by atoms with E-state index >= 15 is 0 Å². The van der Waals surface area contributed by atoms with Crippen molar-refractivity contribution in [2.45, 2.75) is 43.9 Å². The summed E-state index contributed by atoms with van der Waals surface area (Å²) in [5, 5.41) is 10.9. The molecule has 186 valence electrons. The molecular formula is C28H28BrN3O4. The first-order valence-corrected chi connectivity index (χ1v) is 13.2. The monoisotopic (exact) mass is 549 g/mol. The van der Waals surface area contributed by atoms with Gasteiger partial charge in [-0.05, 0) is 120 Å². The molecule has 0 aliphatic heterocycles. The number of halogens is 1. The summed E-state index contributed by atoms with van der Waals surface area (Å²) in [6, 6.07) is 13.0. The maximum absolute atomic E-state index is 12.6. The second kappa shape index (κ2) is 8.76. The Labute approximate surface area is 217 Å². The molecule has 1 aromatic heterocycles. The summed E-state index contributed by atoms with van der Waals surface area (Å²) in [5.74, 6) is 2.65. The van der Waals surface area contributed by atoms with Crippen molar-refractivity contribution < 1.29 is 9.84 Å². The molecule has 8 heteroatoms. The van der Waals surface area contributed by atoms with Gasteiger partial charge in [-0.25, -0.2) is 9.36 Å². The van der Waals surface area contributed by atoms with Gasteiger partial charge in [0.25, 0.3) is 5.56 Å². The molecule has 0 unspecified atom stereocenters. The Morgan fingerprint density at radius 3 is 2.31 bits per heavy atom. The average Bonchev–Trinajstić information content (AvgIpc) is 2.84. The van der Waals surface area contributed by atoms with Crippen molar-refractivity contribution in [1.82, 2.24) is 9.55 Å². The van der Waals surface area contributed by atoms with Gasteiger partial charge < -0.3 is 9.84 Å². The van der Waals surface area contributed by atoms with Gasteiger partial charge in [-0.1, -0.05) is 6.07 Å². The smallest absolute Gasteiger partial charge is 0.335 e. The Morgan fingerprint density at radius 1 is 1.06 bits per heavy atom. The number of H-pyrrole nitrogens is 1. The predicted molar refractivity (Wildman–Crippen MR) is 142 cm³/mol. The largest absolute Gasteiger partial charge is 0.497 e. The van der Waals surface area contributed by atoms with E-state index in [1.165, 1.54) is 50.3 Å². The third-order valence-electron chi connectivity index (χ3n) is 8.38. The Bertz CT molecular complexity index is 1440. The van der Waals surface area contributed by atoms with Crippen LogP contribution in [0.5, 0.6) is 11.6 Å². The van der Waals surface area contributed by atoms with E-state index in [2.05, 4.69) is 38.0 Å². The van der Waals surface area contributed by atoms with Crippen LogP contribution in [-0.4, -0.2) is 28.0 Å². The number of aromatic nitrogens is 2. The molecule has 0 radical (unpaired) electrons. The lowest BCUT2D eigenvalue weighted by Gasteiger charge is -2.57. The predicted octanol–water partition coefficient (Wildman–Crippen LogP) is 5.22. The van der Waals surface area contributed by atoms with Gasteiger partial charge in [-0.3, -0.25) is 14.8 Å². The van der Waals surface area contributed by atoms with Gasteiger partial charge >= 0.3 is 5.69 Å². The number of nitrogens with zero attached hydrogens (tertiary/aromatic N) is 2. The lowest BCUT2D eigenvalue weighted by Crippen LogP contribution is -2.48. The Morgan fingerprint density at radius 2 is 1.69 bits per heavy atom. The maximum Gasteiger partial charge on any atom is 0.335 e. The first-order valence-electron chi connectivity index (χ1n) is 12.4. The summed E-state index contributed by atoms with van der Waals surface area (Å²) in [6.45, 7) is 0. The van der Waals surface area contributed by atoms with Crippen molar-refractivity contribution >= 4 is 27.8 Å². The summed E-state index contributed by atoms with van der Waals surface area (Å²) in [7, 11) is 1.55. The van der Waals surface area contributed by atoms with E-state index in [1.807, 2.05) is 6.07 Å². The maximum atomic E-state index is 12.6. The molecule has 0 saturated heterocycles. The molecule has 7 nitrogen and oxygen atoms in total. The van der Waals surface area contributed by atoms with E-state index in [0.717, 1.165) is 26.8 Å². The van der Waals surface area contributed by atoms with Gasteiger partial charge in [0.15, 0.2) is 0 Å². The van der Waals surface area contributed by atoms with Crippen molar-refractivity contribution in [2.24, 2.45) is 22.7 Å². The topological polar surface area (TPSA) is 96.7 Å². The van der Waals surface area contributed by atoms with Crippen LogP contribution < -0.4 is 16.0 Å². The molecule has 2 aromatic carbocycles. The van der Waals surface area contributed by atoms with Crippen LogP contribution >= 0.6 is 15.9 Å². The van der Waals surface area contributed by atoms with Crippen LogP contribution in [0.3, 0.4) is 0 Å². The van der Waals surface area contributed by atoms with Gasteiger partial charge in [-0.2, -0.15) is 0 Å². The van der Waals surface area contributed by atoms with E-state index < -0.39 is 17.1 Å². The van der Waals surface area contributed by atoms with Crippen LogP contribution in [-0.2, 0) is 5.41 Å². The van der Waals surface area contributed by atoms with Crippen LogP contribution in [0.1, 0.15) is 49.7 Å². The number of hydrogen-bond donors (Lipinski definition) is 2. The Balaban J connectivity index is 1.36. The minimum atomic E-state index is -0.732. The molecule has 3 aromatic rings. The molecule has 0 amide bonds. The molecule has 0 atom stereocenters. The number of benzene rings is 2. The number of aromatic amines is 1. The van der Waals surface area contributed by atoms with E-state index in [9.17, 15) is 14.7 Å². The van der Waals surface area contributed by atoms with Crippen molar-refractivity contribution in [1.29, 1.82) is 0 Å². The second-order valence-corrected chi connectivity index (χ2v) is 11.5. The summed E-state index contributed by atoms with van der Waals surface area (Å²) in [6.07, 6.45) is 9.22. The van der Waals surface area contributed by atoms with E-state index in [4.69, 9.17) is 4.74 Å². The fourth-order valence-electron chi connectivity index (χ4n) is 7.17. The van der Waals surface area contributed by atoms with Crippen LogP contribution in [0.15, 0.2) is 61.5 Å². The van der Waals surface area contributed by atoms with Crippen LogP contribution in [0.2, 0.25) is 0 Å². The van der Waals surface area contributed by atoms with Crippen LogP contribution in [0, 0.1) is 17.8 Å². The second-order valence-electron chi connectivity index (χ2n) is 10.7. The molecule has 4 aliphatic carbocycles. The highest BCUT2D eigenvalue weighted by molar-refractivity contribution is 9.10. The van der Waals surface area contributed by atoms with Gasteiger partial charge in [0.2, 0.25) is 5.88 Å². The highest BCUT2D eigenvalue weighted by Gasteiger charge is 2.51. The molecule has 2 N–H and O–H groups in total. The van der Waals surface area contributed by atoms with Crippen LogP contribution in [0.25, 0.3) is 5.69 Å².